The Kier molecular flexibility index (Phi) is 4.21. The summed E-state index contributed by atoms with van der Waals surface area (Å²) in [6, 6.07) is 6.25. The average Bonchev–Trinajstić information content (AvgIpc) is 2.37. The molecular weight excluding hydrogens is 218 g/mol. The van der Waals surface area contributed by atoms with E-state index in [1.165, 1.54) is 43.4 Å². The van der Waals surface area contributed by atoms with Crippen molar-refractivity contribution in [2.24, 2.45) is 11.3 Å². The smallest absolute Gasteiger partial charge is 0.0661 e. The Morgan fingerprint density at radius 1 is 1.28 bits per heavy atom. The van der Waals surface area contributed by atoms with Crippen molar-refractivity contribution in [3.8, 4) is 0 Å². The average molecular weight is 243 g/mol. The first kappa shape index (κ1) is 13.3. The predicted octanol–water partition coefficient (Wildman–Crippen LogP) is 5.09. The highest BCUT2D eigenvalue weighted by atomic mass is 14.7. The van der Waals surface area contributed by atoms with Crippen LogP contribution in [-0.2, 0) is 0 Å². The number of allylic oxidation sites excluding steroid dienone is 2. The fourth-order valence-corrected chi connectivity index (χ4v) is 2.70. The number of pyridine rings is 1. The summed E-state index contributed by atoms with van der Waals surface area (Å²) in [5.41, 5.74) is 3.12. The summed E-state index contributed by atoms with van der Waals surface area (Å²) in [7, 11) is 0. The zero-order valence-electron chi connectivity index (χ0n) is 11.9. The SMILES string of the molecule is CC(C)(C)CCC1CCCC=C1c1ccccn1. The highest BCUT2D eigenvalue weighted by Crippen LogP contribution is 2.37. The minimum absolute atomic E-state index is 0.437. The van der Waals surface area contributed by atoms with E-state index < -0.39 is 0 Å². The quantitative estimate of drug-likeness (QED) is 0.720. The Morgan fingerprint density at radius 3 is 2.78 bits per heavy atom. The van der Waals surface area contributed by atoms with Crippen LogP contribution in [0.1, 0.15) is 58.6 Å². The van der Waals surface area contributed by atoms with Crippen LogP contribution in [0.5, 0.6) is 0 Å². The molecule has 1 aliphatic rings. The molecule has 2 rings (SSSR count). The molecule has 0 aromatic carbocycles. The van der Waals surface area contributed by atoms with Crippen molar-refractivity contribution >= 4 is 5.57 Å². The van der Waals surface area contributed by atoms with E-state index in [4.69, 9.17) is 0 Å². The number of hydrogen-bond acceptors (Lipinski definition) is 1. The number of nitrogens with zero attached hydrogens (tertiary/aromatic N) is 1. The summed E-state index contributed by atoms with van der Waals surface area (Å²) >= 11 is 0. The fourth-order valence-electron chi connectivity index (χ4n) is 2.70. The normalized spacial score (nSPS) is 20.6. The van der Waals surface area contributed by atoms with E-state index in [-0.39, 0.29) is 0 Å². The standard InChI is InChI=1S/C17H25N/c1-17(2,3)12-11-14-8-4-5-9-15(14)16-10-6-7-13-18-16/h6-7,9-10,13-14H,4-5,8,11-12H2,1-3H3. The lowest BCUT2D eigenvalue weighted by Gasteiger charge is -2.27. The second-order valence-corrected chi connectivity index (χ2v) is 6.60. The molecule has 1 atom stereocenters. The molecule has 0 radical (unpaired) electrons. The van der Waals surface area contributed by atoms with Gasteiger partial charge in [-0.05, 0) is 61.1 Å². The van der Waals surface area contributed by atoms with Gasteiger partial charge >= 0.3 is 0 Å². The summed E-state index contributed by atoms with van der Waals surface area (Å²) in [4.78, 5) is 4.53. The summed E-state index contributed by atoms with van der Waals surface area (Å²) in [5, 5.41) is 0. The molecule has 1 aromatic rings. The van der Waals surface area contributed by atoms with Gasteiger partial charge in [0, 0.05) is 6.20 Å². The van der Waals surface area contributed by atoms with E-state index in [1.807, 2.05) is 12.3 Å². The Balaban J connectivity index is 2.09. The van der Waals surface area contributed by atoms with Crippen LogP contribution in [0.15, 0.2) is 30.5 Å². The third-order valence-electron chi connectivity index (χ3n) is 3.76. The number of rotatable bonds is 3. The van der Waals surface area contributed by atoms with Gasteiger partial charge in [0.2, 0.25) is 0 Å². The lowest BCUT2D eigenvalue weighted by atomic mass is 9.78. The van der Waals surface area contributed by atoms with Crippen molar-refractivity contribution in [2.75, 3.05) is 0 Å². The molecule has 0 aliphatic heterocycles. The summed E-state index contributed by atoms with van der Waals surface area (Å²) in [5.74, 6) is 0.716. The van der Waals surface area contributed by atoms with Crippen LogP contribution < -0.4 is 0 Å². The molecule has 0 fully saturated rings. The minimum Gasteiger partial charge on any atom is -0.257 e. The Hall–Kier alpha value is -1.11. The van der Waals surface area contributed by atoms with E-state index in [0.29, 0.717) is 11.3 Å². The van der Waals surface area contributed by atoms with E-state index in [9.17, 15) is 0 Å². The first-order valence-electron chi connectivity index (χ1n) is 7.18. The van der Waals surface area contributed by atoms with Gasteiger partial charge in [-0.2, -0.15) is 0 Å². The zero-order valence-corrected chi connectivity index (χ0v) is 11.9. The Labute approximate surface area is 111 Å². The predicted molar refractivity (Wildman–Crippen MR) is 78.2 cm³/mol. The zero-order chi connectivity index (χ0) is 13.0. The van der Waals surface area contributed by atoms with Gasteiger partial charge in [0.1, 0.15) is 0 Å². The van der Waals surface area contributed by atoms with Gasteiger partial charge < -0.3 is 0 Å². The maximum absolute atomic E-state index is 4.53. The van der Waals surface area contributed by atoms with Gasteiger partial charge in [-0.15, -0.1) is 0 Å². The first-order valence-corrected chi connectivity index (χ1v) is 7.18. The largest absolute Gasteiger partial charge is 0.257 e. The molecule has 0 bridgehead atoms. The third kappa shape index (κ3) is 3.69. The van der Waals surface area contributed by atoms with Crippen molar-refractivity contribution in [3.05, 3.63) is 36.2 Å². The van der Waals surface area contributed by atoms with Crippen molar-refractivity contribution in [1.82, 2.24) is 4.98 Å². The highest BCUT2D eigenvalue weighted by molar-refractivity contribution is 5.65. The lowest BCUT2D eigenvalue weighted by molar-refractivity contribution is 0.334. The molecular formula is C17H25N. The summed E-state index contributed by atoms with van der Waals surface area (Å²) in [6.07, 6.45) is 10.8. The first-order chi connectivity index (χ1) is 8.56. The molecule has 1 unspecified atom stereocenters. The van der Waals surface area contributed by atoms with E-state index >= 15 is 0 Å². The third-order valence-corrected chi connectivity index (χ3v) is 3.76. The molecule has 1 aromatic heterocycles. The molecule has 0 saturated carbocycles. The van der Waals surface area contributed by atoms with E-state index in [0.717, 1.165) is 0 Å². The van der Waals surface area contributed by atoms with Crippen molar-refractivity contribution < 1.29 is 0 Å². The fraction of sp³-hybridized carbons (Fsp3) is 0.588. The van der Waals surface area contributed by atoms with Gasteiger partial charge in [-0.3, -0.25) is 4.98 Å². The highest BCUT2D eigenvalue weighted by Gasteiger charge is 2.22. The van der Waals surface area contributed by atoms with Crippen LogP contribution in [0.3, 0.4) is 0 Å². The van der Waals surface area contributed by atoms with E-state index in [1.54, 1.807) is 0 Å². The lowest BCUT2D eigenvalue weighted by Crippen LogP contribution is -2.13. The molecule has 0 amide bonds. The maximum Gasteiger partial charge on any atom is 0.0661 e. The van der Waals surface area contributed by atoms with Crippen molar-refractivity contribution in [2.45, 2.75) is 52.9 Å². The van der Waals surface area contributed by atoms with Crippen LogP contribution in [-0.4, -0.2) is 4.98 Å². The van der Waals surface area contributed by atoms with Gasteiger partial charge in [-0.25, -0.2) is 0 Å². The molecule has 0 N–H and O–H groups in total. The van der Waals surface area contributed by atoms with Crippen LogP contribution in [0, 0.1) is 11.3 Å². The van der Waals surface area contributed by atoms with Crippen LogP contribution in [0.4, 0.5) is 0 Å². The second kappa shape index (κ2) is 5.69. The number of hydrogen-bond donors (Lipinski definition) is 0. The number of aromatic nitrogens is 1. The minimum atomic E-state index is 0.437. The van der Waals surface area contributed by atoms with Gasteiger partial charge in [-0.1, -0.05) is 32.9 Å². The van der Waals surface area contributed by atoms with Crippen molar-refractivity contribution in [3.63, 3.8) is 0 Å². The van der Waals surface area contributed by atoms with Gasteiger partial charge in [0.05, 0.1) is 5.69 Å². The maximum atomic E-state index is 4.53. The molecule has 98 valence electrons. The van der Waals surface area contributed by atoms with Crippen LogP contribution >= 0.6 is 0 Å². The second-order valence-electron chi connectivity index (χ2n) is 6.60. The Bertz CT molecular complexity index is 397. The molecule has 1 heteroatoms. The van der Waals surface area contributed by atoms with Gasteiger partial charge in [0.15, 0.2) is 0 Å². The summed E-state index contributed by atoms with van der Waals surface area (Å²) in [6.45, 7) is 7.00. The molecule has 1 aliphatic carbocycles. The monoisotopic (exact) mass is 243 g/mol. The molecule has 0 saturated heterocycles. The molecule has 0 spiro atoms. The molecule has 1 nitrogen and oxygen atoms in total. The van der Waals surface area contributed by atoms with Crippen molar-refractivity contribution in [1.29, 1.82) is 0 Å². The van der Waals surface area contributed by atoms with Gasteiger partial charge in [0.25, 0.3) is 0 Å². The molecule has 1 heterocycles. The Morgan fingerprint density at radius 2 is 2.11 bits per heavy atom. The van der Waals surface area contributed by atoms with Crippen LogP contribution in [0.25, 0.3) is 5.57 Å². The van der Waals surface area contributed by atoms with Crippen LogP contribution in [0.2, 0.25) is 0 Å². The molecule has 18 heavy (non-hydrogen) atoms. The topological polar surface area (TPSA) is 12.9 Å². The van der Waals surface area contributed by atoms with E-state index in [2.05, 4.69) is 44.0 Å². The summed E-state index contributed by atoms with van der Waals surface area (Å²) < 4.78 is 0.